The minimum absolute atomic E-state index is 0.00251. The van der Waals surface area contributed by atoms with E-state index in [9.17, 15) is 19.5 Å². The number of carbonyl (C=O) groups is 2. The van der Waals surface area contributed by atoms with Gasteiger partial charge < -0.3 is 20.1 Å². The van der Waals surface area contributed by atoms with E-state index in [1.807, 2.05) is 11.0 Å². The molecule has 1 unspecified atom stereocenters. The normalized spacial score (nSPS) is 18.1. The van der Waals surface area contributed by atoms with Crippen LogP contribution in [0.2, 0.25) is 0 Å². The van der Waals surface area contributed by atoms with Gasteiger partial charge in [0.25, 0.3) is 0 Å². The van der Waals surface area contributed by atoms with E-state index in [-0.39, 0.29) is 28.9 Å². The molecule has 34 heavy (non-hydrogen) atoms. The van der Waals surface area contributed by atoms with Gasteiger partial charge in [0, 0.05) is 37.4 Å². The Bertz CT molecular complexity index is 1350. The van der Waals surface area contributed by atoms with Crippen LogP contribution in [0.1, 0.15) is 22.3 Å². The maximum atomic E-state index is 12.9. The molecule has 2 aliphatic rings. The van der Waals surface area contributed by atoms with E-state index < -0.39 is 11.4 Å². The molecule has 0 aliphatic carbocycles. The molecular weight excluding hydrogens is 460 g/mol. The Balaban J connectivity index is 1.39. The number of pyridine rings is 2. The van der Waals surface area contributed by atoms with Crippen LogP contribution in [0.5, 0.6) is 0 Å². The number of aromatic nitrogens is 4. The number of anilines is 1. The van der Waals surface area contributed by atoms with Crippen LogP contribution in [0.4, 0.5) is 5.82 Å². The van der Waals surface area contributed by atoms with Gasteiger partial charge in [-0.1, -0.05) is 12.2 Å². The van der Waals surface area contributed by atoms with E-state index in [2.05, 4.69) is 25.7 Å². The van der Waals surface area contributed by atoms with Crippen molar-refractivity contribution in [2.75, 3.05) is 31.1 Å². The van der Waals surface area contributed by atoms with E-state index in [4.69, 9.17) is 4.74 Å². The molecule has 1 atom stereocenters. The number of fused-ring (bicyclic) bond motifs is 1. The van der Waals surface area contributed by atoms with Crippen molar-refractivity contribution in [1.29, 1.82) is 0 Å². The Kier molecular flexibility index (Phi) is 5.84. The molecule has 5 heterocycles. The Morgan fingerprint density at radius 1 is 1.32 bits per heavy atom. The zero-order valence-corrected chi connectivity index (χ0v) is 19.1. The smallest absolute Gasteiger partial charge is 0.341 e. The fourth-order valence-electron chi connectivity index (χ4n) is 4.12. The highest BCUT2D eigenvalue weighted by molar-refractivity contribution is 7.08. The van der Waals surface area contributed by atoms with Crippen LogP contribution in [0.25, 0.3) is 16.2 Å². The van der Waals surface area contributed by atoms with Crippen LogP contribution < -0.4 is 15.6 Å². The van der Waals surface area contributed by atoms with Gasteiger partial charge in [0.05, 0.1) is 24.0 Å². The summed E-state index contributed by atoms with van der Waals surface area (Å²) in [5, 5.41) is 13.1. The molecule has 12 heteroatoms. The van der Waals surface area contributed by atoms with Crippen LogP contribution >= 0.6 is 11.5 Å². The lowest BCUT2D eigenvalue weighted by Crippen LogP contribution is -2.55. The Hall–Kier alpha value is -3.64. The number of amides is 1. The lowest BCUT2D eigenvalue weighted by atomic mass is 9.98. The summed E-state index contributed by atoms with van der Waals surface area (Å²) in [6.07, 6.45) is 7.40. The second-order valence-electron chi connectivity index (χ2n) is 8.28. The second-order valence-corrected chi connectivity index (χ2v) is 9.03. The standard InChI is InChI=1S/C22H22N6O5S/c1-12-6-16(27-8-13(9-27)20(30)23-7-14-4-2-3-5-33-14)26-19-17(12)18(29)15(21(31)32)10-28(19)22-24-11-25-34-22/h2-3,6,10-11,13-14H,4-5,7-9H2,1H3,(H,23,30)(H,31,32). The molecule has 2 N–H and O–H groups in total. The first-order valence-corrected chi connectivity index (χ1v) is 11.6. The van der Waals surface area contributed by atoms with Crippen molar-refractivity contribution >= 4 is 40.3 Å². The number of hydrogen-bond acceptors (Lipinski definition) is 9. The number of nitrogens with zero attached hydrogens (tertiary/aromatic N) is 5. The summed E-state index contributed by atoms with van der Waals surface area (Å²) in [6.45, 7) is 3.78. The number of hydrogen-bond donors (Lipinski definition) is 2. The van der Waals surface area contributed by atoms with Crippen molar-refractivity contribution in [1.82, 2.24) is 24.2 Å². The van der Waals surface area contributed by atoms with Crippen molar-refractivity contribution in [2.24, 2.45) is 5.92 Å². The molecule has 11 nitrogen and oxygen atoms in total. The molecule has 0 radical (unpaired) electrons. The predicted octanol–water partition coefficient (Wildman–Crippen LogP) is 1.14. The SMILES string of the molecule is Cc1cc(N2CC(C(=O)NCC3CC=CCO3)C2)nc2c1c(=O)c(C(=O)O)cn2-c1ncns1. The molecule has 1 saturated heterocycles. The average Bonchev–Trinajstić information content (AvgIpc) is 3.32. The lowest BCUT2D eigenvalue weighted by molar-refractivity contribution is -0.126. The Labute approximate surface area is 197 Å². The van der Waals surface area contributed by atoms with Gasteiger partial charge in [-0.25, -0.2) is 14.8 Å². The van der Waals surface area contributed by atoms with E-state index in [1.165, 1.54) is 17.1 Å². The highest BCUT2D eigenvalue weighted by Crippen LogP contribution is 2.28. The molecule has 2 aliphatic heterocycles. The van der Waals surface area contributed by atoms with Gasteiger partial charge in [-0.2, -0.15) is 4.37 Å². The fraction of sp³-hybridized carbons (Fsp3) is 0.364. The number of aromatic carboxylic acids is 1. The summed E-state index contributed by atoms with van der Waals surface area (Å²) in [6, 6.07) is 1.75. The average molecular weight is 483 g/mol. The second kappa shape index (κ2) is 8.95. The van der Waals surface area contributed by atoms with Crippen LogP contribution in [0, 0.1) is 12.8 Å². The molecule has 3 aromatic heterocycles. The molecule has 5 rings (SSSR count). The third-order valence-electron chi connectivity index (χ3n) is 6.00. The van der Waals surface area contributed by atoms with Gasteiger partial charge in [-0.3, -0.25) is 14.2 Å². The third-order valence-corrected chi connectivity index (χ3v) is 6.67. The van der Waals surface area contributed by atoms with E-state index in [0.717, 1.165) is 18.0 Å². The number of ether oxygens (including phenoxy) is 1. The van der Waals surface area contributed by atoms with Crippen LogP contribution in [0.3, 0.4) is 0 Å². The van der Waals surface area contributed by atoms with Crippen LogP contribution in [-0.2, 0) is 9.53 Å². The van der Waals surface area contributed by atoms with Crippen LogP contribution in [-0.4, -0.2) is 68.2 Å². The molecule has 0 saturated carbocycles. The molecule has 1 fully saturated rings. The van der Waals surface area contributed by atoms with E-state index >= 15 is 0 Å². The summed E-state index contributed by atoms with van der Waals surface area (Å²) in [5.74, 6) is -0.907. The first kappa shape index (κ1) is 22.2. The number of carboxylic acid groups (broad SMARTS) is 1. The molecule has 0 bridgehead atoms. The van der Waals surface area contributed by atoms with Gasteiger partial charge in [0.15, 0.2) is 5.65 Å². The highest BCUT2D eigenvalue weighted by atomic mass is 32.1. The fourth-order valence-corrected chi connectivity index (χ4v) is 4.63. The summed E-state index contributed by atoms with van der Waals surface area (Å²) >= 11 is 1.06. The van der Waals surface area contributed by atoms with Gasteiger partial charge in [0.1, 0.15) is 17.7 Å². The zero-order chi connectivity index (χ0) is 23.8. The molecule has 0 aromatic carbocycles. The zero-order valence-electron chi connectivity index (χ0n) is 18.3. The summed E-state index contributed by atoms with van der Waals surface area (Å²) in [7, 11) is 0. The number of aryl methyl sites for hydroxylation is 1. The number of rotatable bonds is 6. The van der Waals surface area contributed by atoms with Crippen molar-refractivity contribution in [2.45, 2.75) is 19.4 Å². The molecule has 3 aromatic rings. The monoisotopic (exact) mass is 482 g/mol. The Morgan fingerprint density at radius 2 is 2.15 bits per heavy atom. The number of nitrogens with one attached hydrogen (secondary N) is 1. The highest BCUT2D eigenvalue weighted by Gasteiger charge is 2.34. The van der Waals surface area contributed by atoms with Gasteiger partial charge in [-0.05, 0) is 25.0 Å². The van der Waals surface area contributed by atoms with Crippen molar-refractivity contribution in [3.63, 3.8) is 0 Å². The van der Waals surface area contributed by atoms with E-state index in [1.54, 1.807) is 13.0 Å². The minimum Gasteiger partial charge on any atom is -0.477 e. The first-order chi connectivity index (χ1) is 16.4. The lowest BCUT2D eigenvalue weighted by Gasteiger charge is -2.39. The number of carbonyl (C=O) groups excluding carboxylic acids is 1. The summed E-state index contributed by atoms with van der Waals surface area (Å²) < 4.78 is 11.0. The van der Waals surface area contributed by atoms with Crippen molar-refractivity contribution in [3.8, 4) is 5.13 Å². The molecule has 0 spiro atoms. The van der Waals surface area contributed by atoms with Gasteiger partial charge in [-0.15, -0.1) is 0 Å². The van der Waals surface area contributed by atoms with Crippen molar-refractivity contribution < 1.29 is 19.4 Å². The maximum Gasteiger partial charge on any atom is 0.341 e. The molecular formula is C22H22N6O5S. The number of carboxylic acids is 1. The molecule has 176 valence electrons. The largest absolute Gasteiger partial charge is 0.477 e. The Morgan fingerprint density at radius 3 is 2.82 bits per heavy atom. The van der Waals surface area contributed by atoms with Gasteiger partial charge in [0.2, 0.25) is 16.5 Å². The predicted molar refractivity (Wildman–Crippen MR) is 125 cm³/mol. The minimum atomic E-state index is -1.32. The van der Waals surface area contributed by atoms with E-state index in [0.29, 0.717) is 48.4 Å². The van der Waals surface area contributed by atoms with Gasteiger partial charge >= 0.3 is 5.97 Å². The summed E-state index contributed by atoms with van der Waals surface area (Å²) in [4.78, 5) is 47.8. The molecule has 1 amide bonds. The summed E-state index contributed by atoms with van der Waals surface area (Å²) in [5.41, 5.74) is -0.0575. The topological polar surface area (TPSA) is 140 Å². The van der Waals surface area contributed by atoms with Crippen molar-refractivity contribution in [3.05, 3.63) is 52.1 Å². The van der Waals surface area contributed by atoms with Crippen LogP contribution in [0.15, 0.2) is 35.5 Å². The third kappa shape index (κ3) is 4.05. The quantitative estimate of drug-likeness (QED) is 0.495. The maximum absolute atomic E-state index is 12.9. The first-order valence-electron chi connectivity index (χ1n) is 10.8.